The monoisotopic (exact) mass is 700 g/mol. The number of rotatable bonds is 34. The largest absolute Gasteiger partial charge is 0.500 e. The zero-order valence-corrected chi connectivity index (χ0v) is 34.6. The molecule has 0 saturated carbocycles. The summed E-state index contributed by atoms with van der Waals surface area (Å²) in [6.45, 7) is 25.5. The Balaban J connectivity index is 4.95. The Bertz CT molecular complexity index is 572. The van der Waals surface area contributed by atoms with Crippen molar-refractivity contribution >= 4 is 35.7 Å². The molecule has 0 bridgehead atoms. The van der Waals surface area contributed by atoms with Gasteiger partial charge in [0.15, 0.2) is 0 Å². The lowest BCUT2D eigenvalue weighted by atomic mass is 10.2. The minimum atomic E-state index is -2.61. The highest BCUT2D eigenvalue weighted by Crippen LogP contribution is 2.20. The Hall–Kier alpha value is 0.468. The molecule has 0 aromatic carbocycles. The van der Waals surface area contributed by atoms with Crippen molar-refractivity contribution in [3.63, 3.8) is 0 Å². The Kier molecular flexibility index (Phi) is 28.8. The molecule has 0 aliphatic rings. The smallest absolute Gasteiger partial charge is 0.395 e. The van der Waals surface area contributed by atoms with Crippen LogP contribution in [0.25, 0.3) is 0 Å². The van der Waals surface area contributed by atoms with Crippen molar-refractivity contribution in [3.8, 4) is 0 Å². The maximum atomic E-state index is 6.06. The van der Waals surface area contributed by atoms with Gasteiger partial charge in [0, 0.05) is 70.7 Å². The van der Waals surface area contributed by atoms with Crippen LogP contribution in [0.2, 0.25) is 30.7 Å². The number of hydrogen-bond acceptors (Lipinski definition) is 10. The first kappa shape index (κ1) is 44.5. The second kappa shape index (κ2) is 28.5. The third-order valence-electron chi connectivity index (χ3n) is 7.31. The van der Waals surface area contributed by atoms with E-state index in [-0.39, 0.29) is 9.52 Å². The average molecular weight is 701 g/mol. The van der Waals surface area contributed by atoms with Crippen molar-refractivity contribution in [2.24, 2.45) is 0 Å². The predicted molar refractivity (Wildman–Crippen MR) is 191 cm³/mol. The molecule has 0 unspecified atom stereocenters. The standard InChI is InChI=1S/C30H72N2O8Si4/c1-10-33-42(9,34-11-2)27-21-19-18-20-26-41-30(31-24-22-28-43(35-12-3,36-13-4)37-14-5)32-25-23-29-44(38-15-6,39-16-7)40-17-8/h30-32H,10-29,41H2,1-9H3. The third kappa shape index (κ3) is 20.6. The van der Waals surface area contributed by atoms with E-state index in [0.29, 0.717) is 45.4 Å². The Labute approximate surface area is 277 Å². The molecule has 2 N–H and O–H groups in total. The van der Waals surface area contributed by atoms with Crippen LogP contribution in [0, 0.1) is 0 Å². The predicted octanol–water partition coefficient (Wildman–Crippen LogP) is 5.62. The van der Waals surface area contributed by atoms with Gasteiger partial charge in [0.05, 0.1) is 9.52 Å². The molecule has 0 aromatic heterocycles. The maximum absolute atomic E-state index is 6.06. The molecule has 0 fully saturated rings. The first-order chi connectivity index (χ1) is 21.3. The van der Waals surface area contributed by atoms with Crippen LogP contribution >= 0.6 is 0 Å². The van der Waals surface area contributed by atoms with E-state index < -0.39 is 26.2 Å². The molecule has 0 heterocycles. The van der Waals surface area contributed by atoms with Gasteiger partial charge in [-0.3, -0.25) is 0 Å². The van der Waals surface area contributed by atoms with Crippen LogP contribution in [-0.2, 0) is 35.4 Å². The second-order valence-corrected chi connectivity index (χ2v) is 21.8. The fourth-order valence-corrected chi connectivity index (χ4v) is 15.1. The summed E-state index contributed by atoms with van der Waals surface area (Å²) in [7, 11) is -7.58. The van der Waals surface area contributed by atoms with Crippen molar-refractivity contribution in [3.05, 3.63) is 0 Å². The quantitative estimate of drug-likeness (QED) is 0.0501. The summed E-state index contributed by atoms with van der Waals surface area (Å²) in [6, 6.07) is 4.08. The average Bonchev–Trinajstić information content (AvgIpc) is 2.97. The molecular weight excluding hydrogens is 629 g/mol. The summed E-state index contributed by atoms with van der Waals surface area (Å²) >= 11 is 0. The van der Waals surface area contributed by atoms with Crippen LogP contribution in [0.4, 0.5) is 0 Å². The molecule has 10 nitrogen and oxygen atoms in total. The summed E-state index contributed by atoms with van der Waals surface area (Å²) in [6.07, 6.45) is 6.95. The summed E-state index contributed by atoms with van der Waals surface area (Å²) in [4.78, 5) is 0. The van der Waals surface area contributed by atoms with Crippen LogP contribution in [0.15, 0.2) is 0 Å². The molecule has 0 spiro atoms. The number of unbranched alkanes of at least 4 members (excludes halogenated alkanes) is 3. The third-order valence-corrected chi connectivity index (χ3v) is 18.7. The Morgan fingerprint density at radius 2 is 0.818 bits per heavy atom. The summed E-state index contributed by atoms with van der Waals surface area (Å²) in [5, 5.41) is 7.68. The van der Waals surface area contributed by atoms with Crippen molar-refractivity contribution in [1.29, 1.82) is 0 Å². The minimum absolute atomic E-state index is 0.362. The van der Waals surface area contributed by atoms with E-state index >= 15 is 0 Å². The lowest BCUT2D eigenvalue weighted by molar-refractivity contribution is 0.0701. The van der Waals surface area contributed by atoms with Gasteiger partial charge in [-0.2, -0.15) is 0 Å². The van der Waals surface area contributed by atoms with Gasteiger partial charge in [-0.1, -0.05) is 31.7 Å². The highest BCUT2D eigenvalue weighted by Gasteiger charge is 2.40. The van der Waals surface area contributed by atoms with Gasteiger partial charge in [0.1, 0.15) is 0 Å². The normalized spacial score (nSPS) is 13.2. The molecule has 44 heavy (non-hydrogen) atoms. The Morgan fingerprint density at radius 1 is 0.455 bits per heavy atom. The minimum Gasteiger partial charge on any atom is -0.395 e. The van der Waals surface area contributed by atoms with Crippen molar-refractivity contribution in [2.45, 2.75) is 130 Å². The summed E-state index contributed by atoms with van der Waals surface area (Å²) in [5.74, 6) is 0.381. The van der Waals surface area contributed by atoms with Crippen LogP contribution in [-0.4, -0.2) is 107 Å². The van der Waals surface area contributed by atoms with Crippen molar-refractivity contribution < 1.29 is 35.4 Å². The summed E-state index contributed by atoms with van der Waals surface area (Å²) in [5.41, 5.74) is 0. The molecular formula is C30H72N2O8Si4. The van der Waals surface area contributed by atoms with Gasteiger partial charge in [-0.15, -0.1) is 0 Å². The topological polar surface area (TPSA) is 97.9 Å². The van der Waals surface area contributed by atoms with Crippen molar-refractivity contribution in [1.82, 2.24) is 10.6 Å². The molecule has 0 aliphatic carbocycles. The van der Waals surface area contributed by atoms with Gasteiger partial charge in [0.25, 0.3) is 0 Å². The fourth-order valence-electron chi connectivity index (χ4n) is 5.56. The molecule has 266 valence electrons. The van der Waals surface area contributed by atoms with Crippen LogP contribution in [0.3, 0.4) is 0 Å². The molecule has 0 aromatic rings. The first-order valence-electron chi connectivity index (χ1n) is 17.9. The number of nitrogens with one attached hydrogen (secondary N) is 2. The molecule has 0 rings (SSSR count). The van der Waals surface area contributed by atoms with Crippen molar-refractivity contribution in [2.75, 3.05) is 65.9 Å². The van der Waals surface area contributed by atoms with Gasteiger partial charge >= 0.3 is 26.2 Å². The van der Waals surface area contributed by atoms with E-state index in [0.717, 1.165) is 57.3 Å². The van der Waals surface area contributed by atoms with E-state index in [1.165, 1.54) is 31.7 Å². The number of hydrogen-bond donors (Lipinski definition) is 2. The highest BCUT2D eigenvalue weighted by molar-refractivity contribution is 6.66. The van der Waals surface area contributed by atoms with E-state index in [1.54, 1.807) is 0 Å². The van der Waals surface area contributed by atoms with Crippen LogP contribution < -0.4 is 10.6 Å². The molecule has 14 heteroatoms. The molecule has 0 atom stereocenters. The molecule has 0 amide bonds. The maximum Gasteiger partial charge on any atom is 0.500 e. The zero-order valence-electron chi connectivity index (χ0n) is 30.2. The van der Waals surface area contributed by atoms with Crippen LogP contribution in [0.5, 0.6) is 0 Å². The van der Waals surface area contributed by atoms with Gasteiger partial charge in [-0.05, 0) is 93.9 Å². The van der Waals surface area contributed by atoms with Gasteiger partial charge in [0.2, 0.25) is 0 Å². The summed E-state index contributed by atoms with van der Waals surface area (Å²) < 4.78 is 48.4. The van der Waals surface area contributed by atoms with Gasteiger partial charge < -0.3 is 46.0 Å². The molecule has 0 saturated heterocycles. The lowest BCUT2D eigenvalue weighted by Gasteiger charge is -2.29. The highest BCUT2D eigenvalue weighted by atomic mass is 28.4. The van der Waals surface area contributed by atoms with E-state index in [2.05, 4.69) is 31.0 Å². The second-order valence-electron chi connectivity index (χ2n) is 10.9. The van der Waals surface area contributed by atoms with Gasteiger partial charge in [-0.25, -0.2) is 0 Å². The van der Waals surface area contributed by atoms with E-state index in [9.17, 15) is 0 Å². The molecule has 0 aliphatic heterocycles. The SMILES string of the molecule is CCO[Si](C)(CCCCCC[SiH2]C(NCCC[Si](OCC)(OCC)OCC)NCCC[Si](OCC)(OCC)OCC)OCC. The Morgan fingerprint density at radius 3 is 1.18 bits per heavy atom. The first-order valence-corrected chi connectivity index (χ1v) is 26.1. The zero-order chi connectivity index (χ0) is 33.0. The molecule has 0 radical (unpaired) electrons. The van der Waals surface area contributed by atoms with E-state index in [1.807, 2.05) is 41.5 Å². The van der Waals surface area contributed by atoms with E-state index in [4.69, 9.17) is 35.4 Å². The fraction of sp³-hybridized carbons (Fsp3) is 1.00. The lowest BCUT2D eigenvalue weighted by Crippen LogP contribution is -2.50. The van der Waals surface area contributed by atoms with Crippen LogP contribution in [0.1, 0.15) is 93.9 Å².